The summed E-state index contributed by atoms with van der Waals surface area (Å²) in [7, 11) is 0. The zero-order chi connectivity index (χ0) is 22.5. The summed E-state index contributed by atoms with van der Waals surface area (Å²) in [5.41, 5.74) is 7.69. The minimum Gasteiger partial charge on any atom is -0.477 e. The molecule has 2 N–H and O–H groups in total. The Morgan fingerprint density at radius 2 is 2.12 bits per heavy atom. The molecule has 0 radical (unpaired) electrons. The minimum absolute atomic E-state index is 0.175. The molecule has 1 aliphatic heterocycles. The summed E-state index contributed by atoms with van der Waals surface area (Å²) >= 11 is 7.51. The molecule has 4 rings (SSSR count). The number of thiazole rings is 1. The molecule has 4 heterocycles. The minimum atomic E-state index is -0.575. The molecule has 168 valence electrons. The summed E-state index contributed by atoms with van der Waals surface area (Å²) in [5, 5.41) is 0.832. The molecule has 1 fully saturated rings. The highest BCUT2D eigenvalue weighted by molar-refractivity contribution is 7.17. The first-order valence-electron chi connectivity index (χ1n) is 10.6. The van der Waals surface area contributed by atoms with Crippen molar-refractivity contribution in [2.24, 2.45) is 5.73 Å². The number of rotatable bonds is 9. The summed E-state index contributed by atoms with van der Waals surface area (Å²) in [4.78, 5) is 33.3. The number of hydrogen-bond acceptors (Lipinski definition) is 8. The van der Waals surface area contributed by atoms with E-state index < -0.39 is 5.91 Å². The maximum Gasteiger partial charge on any atom is 0.277 e. The average molecular weight is 473 g/mol. The summed E-state index contributed by atoms with van der Waals surface area (Å²) in [6.07, 6.45) is 8.11. The van der Waals surface area contributed by atoms with E-state index in [4.69, 9.17) is 22.1 Å². The Balaban J connectivity index is 1.78. The lowest BCUT2D eigenvalue weighted by Gasteiger charge is -2.21. The first-order valence-corrected chi connectivity index (χ1v) is 11.8. The quantitative estimate of drug-likeness (QED) is 0.505. The molecule has 0 spiro atoms. The Bertz CT molecular complexity index is 1090. The van der Waals surface area contributed by atoms with Crippen LogP contribution in [0.1, 0.15) is 53.3 Å². The normalized spacial score (nSPS) is 15.1. The van der Waals surface area contributed by atoms with Crippen LogP contribution >= 0.6 is 22.9 Å². The number of hydrogen-bond donors (Lipinski definition) is 1. The van der Waals surface area contributed by atoms with Crippen molar-refractivity contribution in [1.29, 1.82) is 0 Å². The average Bonchev–Trinajstić information content (AvgIpc) is 3.45. The number of likely N-dealkylation sites (tertiary alicyclic amines) is 1. The molecule has 1 amide bonds. The molecule has 1 unspecified atom stereocenters. The van der Waals surface area contributed by atoms with E-state index in [0.717, 1.165) is 36.6 Å². The fourth-order valence-corrected chi connectivity index (χ4v) is 4.99. The fraction of sp³-hybridized carbons (Fsp3) is 0.409. The molecular formula is C22H25ClN6O2S. The molecule has 3 aromatic heterocycles. The van der Waals surface area contributed by atoms with Gasteiger partial charge in [0.25, 0.3) is 5.91 Å². The maximum atomic E-state index is 12.0. The molecule has 3 aromatic rings. The van der Waals surface area contributed by atoms with Crippen molar-refractivity contribution < 1.29 is 9.53 Å². The number of primary amides is 1. The highest BCUT2D eigenvalue weighted by atomic mass is 35.5. The molecular weight excluding hydrogens is 448 g/mol. The molecule has 1 aliphatic rings. The van der Waals surface area contributed by atoms with Crippen molar-refractivity contribution in [2.45, 2.75) is 32.1 Å². The number of carbonyl (C=O) groups excluding carboxylic acids is 1. The SMILES string of the molecule is CCOc1cncc(-c2sc(C(N)=O)nc2C(CCN2CCCC2)c2cc(Cl)ccn2)n1. The Morgan fingerprint density at radius 1 is 1.31 bits per heavy atom. The number of nitrogens with zero attached hydrogens (tertiary/aromatic N) is 5. The van der Waals surface area contributed by atoms with Gasteiger partial charge in [-0.2, -0.15) is 0 Å². The van der Waals surface area contributed by atoms with Crippen molar-refractivity contribution in [2.75, 3.05) is 26.2 Å². The second-order valence-corrected chi connectivity index (χ2v) is 9.00. The summed E-state index contributed by atoms with van der Waals surface area (Å²) in [6.45, 7) is 5.44. The standard InChI is InChI=1S/C22H25ClN6O2S/c1-2-31-18-13-25-12-17(27-18)20-19(28-22(32-20)21(24)30)15(6-10-29-8-3-4-9-29)16-11-14(23)5-7-26-16/h5,7,11-13,15H,2-4,6,8-10H2,1H3,(H2,24,30). The van der Waals surface area contributed by atoms with E-state index in [2.05, 4.69) is 24.8 Å². The molecule has 0 aromatic carbocycles. The van der Waals surface area contributed by atoms with Crippen LogP contribution < -0.4 is 10.5 Å². The number of ether oxygens (including phenoxy) is 1. The van der Waals surface area contributed by atoms with Gasteiger partial charge in [0.1, 0.15) is 5.69 Å². The monoisotopic (exact) mass is 472 g/mol. The van der Waals surface area contributed by atoms with Gasteiger partial charge in [0.2, 0.25) is 5.88 Å². The number of carbonyl (C=O) groups is 1. The second-order valence-electron chi connectivity index (χ2n) is 7.56. The Kier molecular flexibility index (Phi) is 7.29. The van der Waals surface area contributed by atoms with Crippen molar-refractivity contribution in [1.82, 2.24) is 24.8 Å². The highest BCUT2D eigenvalue weighted by Crippen LogP contribution is 2.38. The van der Waals surface area contributed by atoms with Crippen LogP contribution in [0.2, 0.25) is 5.02 Å². The number of aromatic nitrogens is 4. The van der Waals surface area contributed by atoms with Gasteiger partial charge in [-0.05, 0) is 58.0 Å². The molecule has 32 heavy (non-hydrogen) atoms. The van der Waals surface area contributed by atoms with Gasteiger partial charge >= 0.3 is 0 Å². The van der Waals surface area contributed by atoms with E-state index in [-0.39, 0.29) is 10.9 Å². The van der Waals surface area contributed by atoms with Gasteiger partial charge in [-0.1, -0.05) is 11.6 Å². The Morgan fingerprint density at radius 3 is 2.84 bits per heavy atom. The lowest BCUT2D eigenvalue weighted by Crippen LogP contribution is -2.23. The van der Waals surface area contributed by atoms with Crippen LogP contribution in [0.15, 0.2) is 30.7 Å². The smallest absolute Gasteiger partial charge is 0.277 e. The van der Waals surface area contributed by atoms with Crippen molar-refractivity contribution in [3.8, 4) is 16.5 Å². The highest BCUT2D eigenvalue weighted by Gasteiger charge is 2.28. The number of amides is 1. The largest absolute Gasteiger partial charge is 0.477 e. The van der Waals surface area contributed by atoms with Crippen molar-refractivity contribution in [3.63, 3.8) is 0 Å². The van der Waals surface area contributed by atoms with E-state index >= 15 is 0 Å². The van der Waals surface area contributed by atoms with E-state index in [1.165, 1.54) is 24.2 Å². The van der Waals surface area contributed by atoms with Crippen LogP contribution in [0, 0.1) is 0 Å². The van der Waals surface area contributed by atoms with Crippen LogP contribution in [0.5, 0.6) is 5.88 Å². The molecule has 10 heteroatoms. The molecule has 1 saturated heterocycles. The third-order valence-electron chi connectivity index (χ3n) is 5.36. The molecule has 0 saturated carbocycles. The van der Waals surface area contributed by atoms with Crippen molar-refractivity contribution >= 4 is 28.8 Å². The lowest BCUT2D eigenvalue weighted by atomic mass is 9.95. The van der Waals surface area contributed by atoms with Gasteiger partial charge in [0.15, 0.2) is 5.01 Å². The van der Waals surface area contributed by atoms with E-state index in [1.54, 1.807) is 24.7 Å². The summed E-state index contributed by atoms with van der Waals surface area (Å²) in [6, 6.07) is 3.60. The first-order chi connectivity index (χ1) is 15.5. The van der Waals surface area contributed by atoms with Crippen LogP contribution in [-0.4, -0.2) is 57.0 Å². The third kappa shape index (κ3) is 5.23. The topological polar surface area (TPSA) is 107 Å². The number of halogens is 1. The van der Waals surface area contributed by atoms with Crippen molar-refractivity contribution in [3.05, 3.63) is 52.1 Å². The fourth-order valence-electron chi connectivity index (χ4n) is 3.89. The molecule has 0 bridgehead atoms. The van der Waals surface area contributed by atoms with Gasteiger partial charge < -0.3 is 15.4 Å². The maximum absolute atomic E-state index is 12.0. The van der Waals surface area contributed by atoms with Gasteiger partial charge in [-0.3, -0.25) is 14.8 Å². The Hall–Kier alpha value is -2.62. The Labute approximate surface area is 195 Å². The van der Waals surface area contributed by atoms with Gasteiger partial charge in [0.05, 0.1) is 35.3 Å². The zero-order valence-corrected chi connectivity index (χ0v) is 19.4. The third-order valence-corrected chi connectivity index (χ3v) is 6.71. The molecule has 8 nitrogen and oxygen atoms in total. The van der Waals surface area contributed by atoms with Crippen LogP contribution in [0.4, 0.5) is 0 Å². The predicted octanol–water partition coefficient (Wildman–Crippen LogP) is 3.76. The zero-order valence-electron chi connectivity index (χ0n) is 17.8. The van der Waals surface area contributed by atoms with Gasteiger partial charge in [-0.25, -0.2) is 9.97 Å². The summed E-state index contributed by atoms with van der Waals surface area (Å²) < 4.78 is 5.52. The van der Waals surface area contributed by atoms with E-state index in [9.17, 15) is 4.79 Å². The number of nitrogens with two attached hydrogens (primary N) is 1. The second kappa shape index (κ2) is 10.3. The predicted molar refractivity (Wildman–Crippen MR) is 124 cm³/mol. The van der Waals surface area contributed by atoms with E-state index in [0.29, 0.717) is 28.9 Å². The van der Waals surface area contributed by atoms with E-state index in [1.807, 2.05) is 13.0 Å². The van der Waals surface area contributed by atoms with Crippen LogP contribution in [0.25, 0.3) is 10.6 Å². The van der Waals surface area contributed by atoms with Crippen LogP contribution in [0.3, 0.4) is 0 Å². The van der Waals surface area contributed by atoms with Gasteiger partial charge in [-0.15, -0.1) is 11.3 Å². The van der Waals surface area contributed by atoms with Crippen LogP contribution in [-0.2, 0) is 0 Å². The number of pyridine rings is 1. The van der Waals surface area contributed by atoms with Gasteiger partial charge in [0, 0.05) is 17.1 Å². The lowest BCUT2D eigenvalue weighted by molar-refractivity contribution is 0.0999. The molecule has 0 aliphatic carbocycles. The molecule has 1 atom stereocenters. The summed E-state index contributed by atoms with van der Waals surface area (Å²) in [5.74, 6) is -0.334. The first kappa shape index (κ1) is 22.6.